The molecule has 2 nitrogen and oxygen atoms in total. The Morgan fingerprint density at radius 3 is 2.84 bits per heavy atom. The van der Waals surface area contributed by atoms with Crippen LogP contribution < -0.4 is 5.73 Å². The molecule has 0 amide bonds. The van der Waals surface area contributed by atoms with Crippen LogP contribution in [-0.2, 0) is 6.54 Å². The summed E-state index contributed by atoms with van der Waals surface area (Å²) >= 11 is 6.03. The van der Waals surface area contributed by atoms with Gasteiger partial charge in [-0.15, -0.1) is 0 Å². The fourth-order valence-corrected chi connectivity index (χ4v) is 3.26. The van der Waals surface area contributed by atoms with Crippen molar-refractivity contribution >= 4 is 11.6 Å². The molecule has 106 valence electrons. The number of benzene rings is 1. The van der Waals surface area contributed by atoms with Crippen molar-refractivity contribution in [2.75, 3.05) is 13.6 Å². The standard InChI is InChI=1S/C16H25ClN2/c1-19(11-13-6-5-8-15(17)10-13)12-14-7-3-2-4-9-16(14)18/h5-6,8,10,14,16H,2-4,7,9,11-12,18H2,1H3. The second kappa shape index (κ2) is 7.28. The molecule has 1 saturated carbocycles. The first-order chi connectivity index (χ1) is 9.15. The van der Waals surface area contributed by atoms with Crippen LogP contribution in [0.3, 0.4) is 0 Å². The molecule has 0 heterocycles. The Hall–Kier alpha value is -0.570. The molecule has 3 heteroatoms. The van der Waals surface area contributed by atoms with Gasteiger partial charge in [-0.25, -0.2) is 0 Å². The lowest BCUT2D eigenvalue weighted by atomic mass is 9.95. The van der Waals surface area contributed by atoms with Gasteiger partial charge in [-0.1, -0.05) is 43.0 Å². The van der Waals surface area contributed by atoms with Gasteiger partial charge in [0.25, 0.3) is 0 Å². The van der Waals surface area contributed by atoms with Gasteiger partial charge in [-0.05, 0) is 43.5 Å². The summed E-state index contributed by atoms with van der Waals surface area (Å²) in [5.74, 6) is 0.645. The first-order valence-electron chi connectivity index (χ1n) is 7.33. The van der Waals surface area contributed by atoms with Crippen LogP contribution in [0.1, 0.15) is 37.7 Å². The van der Waals surface area contributed by atoms with E-state index in [1.165, 1.54) is 37.7 Å². The fourth-order valence-electron chi connectivity index (χ4n) is 3.05. The maximum absolute atomic E-state index is 6.30. The average Bonchev–Trinajstić information content (AvgIpc) is 2.55. The van der Waals surface area contributed by atoms with E-state index in [0.717, 1.165) is 18.1 Å². The van der Waals surface area contributed by atoms with Crippen molar-refractivity contribution in [1.29, 1.82) is 0 Å². The van der Waals surface area contributed by atoms with E-state index in [1.54, 1.807) is 0 Å². The molecule has 1 fully saturated rings. The smallest absolute Gasteiger partial charge is 0.0409 e. The zero-order valence-corrected chi connectivity index (χ0v) is 12.6. The summed E-state index contributed by atoms with van der Waals surface area (Å²) in [4.78, 5) is 2.38. The van der Waals surface area contributed by atoms with E-state index >= 15 is 0 Å². The summed E-state index contributed by atoms with van der Waals surface area (Å²) in [6.07, 6.45) is 6.46. The Labute approximate surface area is 121 Å². The minimum absolute atomic E-state index is 0.379. The molecule has 2 unspecified atom stereocenters. The van der Waals surface area contributed by atoms with Crippen molar-refractivity contribution in [2.45, 2.75) is 44.7 Å². The van der Waals surface area contributed by atoms with Crippen LogP contribution in [0.4, 0.5) is 0 Å². The molecule has 2 N–H and O–H groups in total. The zero-order chi connectivity index (χ0) is 13.7. The highest BCUT2D eigenvalue weighted by molar-refractivity contribution is 6.30. The van der Waals surface area contributed by atoms with E-state index in [1.807, 2.05) is 18.2 Å². The third-order valence-electron chi connectivity index (χ3n) is 4.11. The van der Waals surface area contributed by atoms with Gasteiger partial charge in [0.1, 0.15) is 0 Å². The molecule has 0 aliphatic heterocycles. The Balaban J connectivity index is 1.87. The van der Waals surface area contributed by atoms with E-state index < -0.39 is 0 Å². The van der Waals surface area contributed by atoms with E-state index in [0.29, 0.717) is 12.0 Å². The lowest BCUT2D eigenvalue weighted by Gasteiger charge is -2.27. The number of rotatable bonds is 4. The largest absolute Gasteiger partial charge is 0.327 e. The van der Waals surface area contributed by atoms with Crippen molar-refractivity contribution in [2.24, 2.45) is 11.7 Å². The molecule has 0 saturated heterocycles. The topological polar surface area (TPSA) is 29.3 Å². The number of nitrogens with zero attached hydrogens (tertiary/aromatic N) is 1. The van der Waals surface area contributed by atoms with Crippen LogP contribution in [0.25, 0.3) is 0 Å². The maximum Gasteiger partial charge on any atom is 0.0409 e. The summed E-state index contributed by atoms with van der Waals surface area (Å²) in [7, 11) is 2.18. The Kier molecular flexibility index (Phi) is 5.68. The average molecular weight is 281 g/mol. The van der Waals surface area contributed by atoms with E-state index in [2.05, 4.69) is 18.0 Å². The summed E-state index contributed by atoms with van der Waals surface area (Å²) in [6.45, 7) is 2.04. The maximum atomic E-state index is 6.30. The molecule has 2 rings (SSSR count). The zero-order valence-electron chi connectivity index (χ0n) is 11.8. The molecule has 1 aromatic rings. The number of hydrogen-bond acceptors (Lipinski definition) is 2. The van der Waals surface area contributed by atoms with E-state index in [4.69, 9.17) is 17.3 Å². The molecule has 1 aliphatic carbocycles. The van der Waals surface area contributed by atoms with Gasteiger partial charge < -0.3 is 10.6 Å². The predicted molar refractivity (Wildman–Crippen MR) is 82.3 cm³/mol. The molecule has 2 atom stereocenters. The van der Waals surface area contributed by atoms with Crippen molar-refractivity contribution in [3.63, 3.8) is 0 Å². The lowest BCUT2D eigenvalue weighted by molar-refractivity contribution is 0.237. The molecular weight excluding hydrogens is 256 g/mol. The minimum Gasteiger partial charge on any atom is -0.327 e. The molecule has 0 aromatic heterocycles. The molecule has 1 aromatic carbocycles. The van der Waals surface area contributed by atoms with Crippen LogP contribution in [0.15, 0.2) is 24.3 Å². The van der Waals surface area contributed by atoms with E-state index in [9.17, 15) is 0 Å². The third-order valence-corrected chi connectivity index (χ3v) is 4.34. The predicted octanol–water partition coefficient (Wildman–Crippen LogP) is 3.68. The molecule has 0 spiro atoms. The second-order valence-electron chi connectivity index (χ2n) is 5.89. The first kappa shape index (κ1) is 14.8. The van der Waals surface area contributed by atoms with Crippen molar-refractivity contribution in [3.8, 4) is 0 Å². The fraction of sp³-hybridized carbons (Fsp3) is 0.625. The van der Waals surface area contributed by atoms with Crippen LogP contribution >= 0.6 is 11.6 Å². The number of halogens is 1. The van der Waals surface area contributed by atoms with Crippen LogP contribution in [0, 0.1) is 5.92 Å². The third kappa shape index (κ3) is 4.79. The normalized spacial score (nSPS) is 24.4. The second-order valence-corrected chi connectivity index (χ2v) is 6.33. The quantitative estimate of drug-likeness (QED) is 0.853. The highest BCUT2D eigenvalue weighted by atomic mass is 35.5. The molecule has 0 bridgehead atoms. The SMILES string of the molecule is CN(Cc1cccc(Cl)c1)CC1CCCCCC1N. The van der Waals surface area contributed by atoms with Crippen LogP contribution in [0.5, 0.6) is 0 Å². The summed E-state index contributed by atoms with van der Waals surface area (Å²) in [5, 5.41) is 0.817. The Morgan fingerprint density at radius 2 is 2.05 bits per heavy atom. The Morgan fingerprint density at radius 1 is 1.26 bits per heavy atom. The summed E-state index contributed by atoms with van der Waals surface area (Å²) < 4.78 is 0. The monoisotopic (exact) mass is 280 g/mol. The van der Waals surface area contributed by atoms with Gasteiger partial charge in [-0.3, -0.25) is 0 Å². The molecule has 1 aliphatic rings. The van der Waals surface area contributed by atoms with Gasteiger partial charge in [0, 0.05) is 24.2 Å². The van der Waals surface area contributed by atoms with E-state index in [-0.39, 0.29) is 0 Å². The molecule has 19 heavy (non-hydrogen) atoms. The molecular formula is C16H25ClN2. The van der Waals surface area contributed by atoms with Crippen molar-refractivity contribution in [1.82, 2.24) is 4.90 Å². The van der Waals surface area contributed by atoms with Gasteiger partial charge in [0.15, 0.2) is 0 Å². The van der Waals surface area contributed by atoms with Crippen molar-refractivity contribution < 1.29 is 0 Å². The van der Waals surface area contributed by atoms with Crippen LogP contribution in [0.2, 0.25) is 5.02 Å². The number of hydrogen-bond donors (Lipinski definition) is 1. The van der Waals surface area contributed by atoms with Gasteiger partial charge in [0.05, 0.1) is 0 Å². The highest BCUT2D eigenvalue weighted by Crippen LogP contribution is 2.23. The van der Waals surface area contributed by atoms with Crippen molar-refractivity contribution in [3.05, 3.63) is 34.9 Å². The Bertz CT molecular complexity index is 394. The summed E-state index contributed by atoms with van der Waals surface area (Å²) in [5.41, 5.74) is 7.57. The van der Waals surface area contributed by atoms with Gasteiger partial charge in [-0.2, -0.15) is 0 Å². The van der Waals surface area contributed by atoms with Gasteiger partial charge >= 0.3 is 0 Å². The first-order valence-corrected chi connectivity index (χ1v) is 7.71. The highest BCUT2D eigenvalue weighted by Gasteiger charge is 2.21. The lowest BCUT2D eigenvalue weighted by Crippen LogP contribution is -2.37. The molecule has 0 radical (unpaired) electrons. The van der Waals surface area contributed by atoms with Gasteiger partial charge in [0.2, 0.25) is 0 Å². The minimum atomic E-state index is 0.379. The summed E-state index contributed by atoms with van der Waals surface area (Å²) in [6, 6.07) is 8.50. The van der Waals surface area contributed by atoms with Crippen LogP contribution in [-0.4, -0.2) is 24.5 Å². The number of nitrogens with two attached hydrogens (primary N) is 1.